The van der Waals surface area contributed by atoms with E-state index in [0.717, 1.165) is 0 Å². The van der Waals surface area contributed by atoms with E-state index in [1.54, 1.807) is 29.2 Å². The first-order chi connectivity index (χ1) is 11.0. The number of rotatable bonds is 2. The third kappa shape index (κ3) is 3.33. The number of amides is 4. The van der Waals surface area contributed by atoms with E-state index in [-0.39, 0.29) is 31.5 Å². The van der Waals surface area contributed by atoms with E-state index < -0.39 is 12.1 Å². The molecule has 2 fully saturated rings. The van der Waals surface area contributed by atoms with Crippen molar-refractivity contribution in [2.45, 2.75) is 6.10 Å². The fourth-order valence-corrected chi connectivity index (χ4v) is 2.59. The Kier molecular flexibility index (Phi) is 4.26. The molecule has 23 heavy (non-hydrogen) atoms. The SMILES string of the molecule is O=C1CN(c2ccc(C(=O)N3CCOCC(O)C3)cc2)C(=O)N1. The van der Waals surface area contributed by atoms with Crippen molar-refractivity contribution in [3.8, 4) is 0 Å². The normalized spacial score (nSPS) is 22.0. The second-order valence-electron chi connectivity index (χ2n) is 5.47. The molecule has 1 atom stereocenters. The summed E-state index contributed by atoms with van der Waals surface area (Å²) in [5, 5.41) is 11.9. The van der Waals surface area contributed by atoms with Gasteiger partial charge in [-0.15, -0.1) is 0 Å². The number of aliphatic hydroxyl groups is 1. The van der Waals surface area contributed by atoms with Crippen molar-refractivity contribution in [1.29, 1.82) is 0 Å². The van der Waals surface area contributed by atoms with E-state index in [1.165, 1.54) is 4.90 Å². The van der Waals surface area contributed by atoms with Crippen LogP contribution >= 0.6 is 0 Å². The quantitative estimate of drug-likeness (QED) is 0.721. The number of urea groups is 1. The summed E-state index contributed by atoms with van der Waals surface area (Å²) in [6, 6.07) is 5.98. The average Bonchev–Trinajstić information content (AvgIpc) is 2.73. The van der Waals surface area contributed by atoms with Gasteiger partial charge in [-0.05, 0) is 24.3 Å². The van der Waals surface area contributed by atoms with Gasteiger partial charge in [0.25, 0.3) is 5.91 Å². The third-order valence-corrected chi connectivity index (χ3v) is 3.75. The van der Waals surface area contributed by atoms with Crippen molar-refractivity contribution in [2.24, 2.45) is 0 Å². The van der Waals surface area contributed by atoms with Crippen LogP contribution in [0.15, 0.2) is 24.3 Å². The number of β-amino-alcohol motifs (C(OH)–C–C–N with tert-alkyl or cyclic N) is 1. The highest BCUT2D eigenvalue weighted by atomic mass is 16.5. The van der Waals surface area contributed by atoms with Gasteiger partial charge in [0.15, 0.2) is 0 Å². The Morgan fingerprint density at radius 1 is 1.26 bits per heavy atom. The van der Waals surface area contributed by atoms with Crippen molar-refractivity contribution in [3.05, 3.63) is 29.8 Å². The van der Waals surface area contributed by atoms with E-state index in [0.29, 0.717) is 24.4 Å². The topological polar surface area (TPSA) is 99.2 Å². The molecule has 0 spiro atoms. The number of imide groups is 1. The summed E-state index contributed by atoms with van der Waals surface area (Å²) >= 11 is 0. The molecule has 0 saturated carbocycles. The third-order valence-electron chi connectivity index (χ3n) is 3.75. The number of carbonyl (C=O) groups is 3. The van der Waals surface area contributed by atoms with Crippen LogP contribution in [0.25, 0.3) is 0 Å². The van der Waals surface area contributed by atoms with E-state index in [9.17, 15) is 19.5 Å². The fraction of sp³-hybridized carbons (Fsp3) is 0.400. The molecule has 8 nitrogen and oxygen atoms in total. The van der Waals surface area contributed by atoms with Crippen LogP contribution in [0.5, 0.6) is 0 Å². The zero-order valence-corrected chi connectivity index (χ0v) is 12.4. The zero-order valence-electron chi connectivity index (χ0n) is 12.4. The van der Waals surface area contributed by atoms with Gasteiger partial charge in [0.2, 0.25) is 5.91 Å². The van der Waals surface area contributed by atoms with Crippen LogP contribution in [0.3, 0.4) is 0 Å². The van der Waals surface area contributed by atoms with Crippen LogP contribution in [0.4, 0.5) is 10.5 Å². The van der Waals surface area contributed by atoms with Crippen LogP contribution in [0.1, 0.15) is 10.4 Å². The second-order valence-corrected chi connectivity index (χ2v) is 5.47. The lowest BCUT2D eigenvalue weighted by Crippen LogP contribution is -2.37. The first-order valence-electron chi connectivity index (χ1n) is 7.31. The molecule has 0 radical (unpaired) electrons. The highest BCUT2D eigenvalue weighted by Crippen LogP contribution is 2.18. The standard InChI is InChI=1S/C15H17N3O5/c19-12-7-17(5-6-23-9-12)14(21)10-1-3-11(4-2-10)18-8-13(20)16-15(18)22/h1-4,12,19H,5-9H2,(H,16,20,22). The van der Waals surface area contributed by atoms with Gasteiger partial charge < -0.3 is 14.7 Å². The molecular weight excluding hydrogens is 302 g/mol. The molecule has 122 valence electrons. The molecule has 3 rings (SSSR count). The lowest BCUT2D eigenvalue weighted by Gasteiger charge is -2.21. The van der Waals surface area contributed by atoms with Crippen LogP contribution < -0.4 is 10.2 Å². The first-order valence-corrected chi connectivity index (χ1v) is 7.31. The number of aliphatic hydroxyl groups excluding tert-OH is 1. The Balaban J connectivity index is 1.72. The molecule has 1 unspecified atom stereocenters. The van der Waals surface area contributed by atoms with E-state index >= 15 is 0 Å². The number of nitrogens with zero attached hydrogens (tertiary/aromatic N) is 2. The molecule has 2 heterocycles. The van der Waals surface area contributed by atoms with Gasteiger partial charge in [-0.3, -0.25) is 19.8 Å². The Morgan fingerprint density at radius 3 is 2.65 bits per heavy atom. The number of hydrogen-bond donors (Lipinski definition) is 2. The second kappa shape index (κ2) is 6.35. The minimum absolute atomic E-state index is 0.0260. The zero-order chi connectivity index (χ0) is 16.4. The van der Waals surface area contributed by atoms with E-state index in [2.05, 4.69) is 5.32 Å². The molecule has 2 aliphatic heterocycles. The molecule has 1 aromatic rings. The van der Waals surface area contributed by atoms with Gasteiger partial charge in [-0.25, -0.2) is 4.79 Å². The maximum atomic E-state index is 12.5. The molecule has 2 aliphatic rings. The van der Waals surface area contributed by atoms with E-state index in [1.807, 2.05) is 0 Å². The molecule has 0 aromatic heterocycles. The molecule has 1 aromatic carbocycles. The van der Waals surface area contributed by atoms with E-state index in [4.69, 9.17) is 4.74 Å². The Morgan fingerprint density at radius 2 is 2.00 bits per heavy atom. The summed E-state index contributed by atoms with van der Waals surface area (Å²) in [4.78, 5) is 38.1. The van der Waals surface area contributed by atoms with Crippen LogP contribution in [0, 0.1) is 0 Å². The molecule has 2 saturated heterocycles. The van der Waals surface area contributed by atoms with Gasteiger partial charge in [0, 0.05) is 24.3 Å². The Hall–Kier alpha value is -2.45. The molecule has 0 aliphatic carbocycles. The van der Waals surface area contributed by atoms with Crippen molar-refractivity contribution in [2.75, 3.05) is 37.7 Å². The molecule has 2 N–H and O–H groups in total. The first kappa shape index (κ1) is 15.4. The maximum Gasteiger partial charge on any atom is 0.329 e. The fourth-order valence-electron chi connectivity index (χ4n) is 2.59. The number of hydrogen-bond acceptors (Lipinski definition) is 5. The number of ether oxygens (including phenoxy) is 1. The maximum absolute atomic E-state index is 12.5. The predicted molar refractivity (Wildman–Crippen MR) is 80.1 cm³/mol. The Labute approximate surface area is 132 Å². The highest BCUT2D eigenvalue weighted by molar-refractivity contribution is 6.12. The van der Waals surface area contributed by atoms with Gasteiger partial charge in [0.05, 0.1) is 19.3 Å². The lowest BCUT2D eigenvalue weighted by atomic mass is 10.1. The minimum Gasteiger partial charge on any atom is -0.389 e. The predicted octanol–water partition coefficient (Wildman–Crippen LogP) is -0.424. The van der Waals surface area contributed by atoms with Crippen molar-refractivity contribution < 1.29 is 24.2 Å². The summed E-state index contributed by atoms with van der Waals surface area (Å²) in [6.07, 6.45) is -0.694. The highest BCUT2D eigenvalue weighted by Gasteiger charge is 2.28. The number of nitrogens with one attached hydrogen (secondary N) is 1. The summed E-state index contributed by atoms with van der Waals surface area (Å²) in [7, 11) is 0. The summed E-state index contributed by atoms with van der Waals surface area (Å²) < 4.78 is 5.20. The van der Waals surface area contributed by atoms with Crippen LogP contribution in [-0.2, 0) is 9.53 Å². The summed E-state index contributed by atoms with van der Waals surface area (Å²) in [6.45, 7) is 1.23. The van der Waals surface area contributed by atoms with Crippen molar-refractivity contribution in [3.63, 3.8) is 0 Å². The smallest absolute Gasteiger partial charge is 0.329 e. The Bertz CT molecular complexity index is 631. The number of anilines is 1. The summed E-state index contributed by atoms with van der Waals surface area (Å²) in [5.41, 5.74) is 0.998. The van der Waals surface area contributed by atoms with Crippen molar-refractivity contribution >= 4 is 23.5 Å². The van der Waals surface area contributed by atoms with Crippen LogP contribution in [-0.4, -0.2) is 66.8 Å². The largest absolute Gasteiger partial charge is 0.389 e. The van der Waals surface area contributed by atoms with Crippen LogP contribution in [0.2, 0.25) is 0 Å². The average molecular weight is 319 g/mol. The summed E-state index contributed by atoms with van der Waals surface area (Å²) in [5.74, 6) is -0.559. The van der Waals surface area contributed by atoms with Gasteiger partial charge in [-0.2, -0.15) is 0 Å². The van der Waals surface area contributed by atoms with Gasteiger partial charge in [0.1, 0.15) is 6.54 Å². The molecule has 0 bridgehead atoms. The molecule has 4 amide bonds. The number of carbonyl (C=O) groups excluding carboxylic acids is 3. The minimum atomic E-state index is -0.694. The monoisotopic (exact) mass is 319 g/mol. The van der Waals surface area contributed by atoms with Gasteiger partial charge in [-0.1, -0.05) is 0 Å². The van der Waals surface area contributed by atoms with Gasteiger partial charge >= 0.3 is 6.03 Å². The lowest BCUT2D eigenvalue weighted by molar-refractivity contribution is -0.117. The van der Waals surface area contributed by atoms with Crippen molar-refractivity contribution in [1.82, 2.24) is 10.2 Å². The number of benzene rings is 1. The molecular formula is C15H17N3O5. The molecule has 8 heteroatoms.